The number of aromatic nitrogens is 2. The summed E-state index contributed by atoms with van der Waals surface area (Å²) < 4.78 is 1.79. The Morgan fingerprint density at radius 2 is 2.38 bits per heavy atom. The lowest BCUT2D eigenvalue weighted by Crippen LogP contribution is -2.11. The Balaban J connectivity index is 1.82. The molecule has 0 saturated carbocycles. The summed E-state index contributed by atoms with van der Waals surface area (Å²) >= 11 is 1.53. The Morgan fingerprint density at radius 1 is 1.50 bits per heavy atom. The summed E-state index contributed by atoms with van der Waals surface area (Å²) in [5.74, 6) is 0. The van der Waals surface area contributed by atoms with Crippen LogP contribution in [-0.4, -0.2) is 9.78 Å². The molecule has 2 heterocycles. The highest BCUT2D eigenvalue weighted by atomic mass is 32.1. The predicted molar refractivity (Wildman–Crippen MR) is 62.8 cm³/mol. The van der Waals surface area contributed by atoms with Crippen LogP contribution in [0.2, 0.25) is 0 Å². The highest BCUT2D eigenvalue weighted by Gasteiger charge is 1.99. The van der Waals surface area contributed by atoms with E-state index in [4.69, 9.17) is 5.26 Å². The first-order valence-corrected chi connectivity index (χ1v) is 5.76. The lowest BCUT2D eigenvalue weighted by atomic mass is 10.3. The smallest absolute Gasteiger partial charge is 0.110 e. The molecule has 82 valence electrons. The summed E-state index contributed by atoms with van der Waals surface area (Å²) in [4.78, 5) is 1.94. The van der Waals surface area contributed by atoms with Gasteiger partial charge in [0, 0.05) is 36.8 Å². The van der Waals surface area contributed by atoms with E-state index in [1.807, 2.05) is 31.6 Å². The summed E-state index contributed by atoms with van der Waals surface area (Å²) in [6.07, 6.45) is 3.84. The van der Waals surface area contributed by atoms with Gasteiger partial charge in [-0.1, -0.05) is 0 Å². The number of aryl methyl sites for hydroxylation is 1. The predicted octanol–water partition coefficient (Wildman–Crippen LogP) is 1.64. The molecular weight excluding hydrogens is 220 g/mol. The molecule has 0 aliphatic carbocycles. The Kier molecular flexibility index (Phi) is 3.34. The molecule has 0 unspecified atom stereocenters. The van der Waals surface area contributed by atoms with Crippen LogP contribution in [-0.2, 0) is 20.1 Å². The van der Waals surface area contributed by atoms with Gasteiger partial charge < -0.3 is 5.32 Å². The number of nitrogens with zero attached hydrogens (tertiary/aromatic N) is 3. The minimum atomic E-state index is 0.762. The highest BCUT2D eigenvalue weighted by Crippen LogP contribution is 2.14. The third-order valence-electron chi connectivity index (χ3n) is 2.16. The van der Waals surface area contributed by atoms with Crippen molar-refractivity contribution in [3.05, 3.63) is 39.8 Å². The van der Waals surface area contributed by atoms with Gasteiger partial charge in [-0.05, 0) is 12.1 Å². The molecule has 0 saturated heterocycles. The molecule has 1 N–H and O–H groups in total. The van der Waals surface area contributed by atoms with Crippen molar-refractivity contribution in [2.75, 3.05) is 0 Å². The molecule has 2 aromatic rings. The fourth-order valence-electron chi connectivity index (χ4n) is 1.43. The van der Waals surface area contributed by atoms with Crippen LogP contribution in [0.15, 0.2) is 24.5 Å². The van der Waals surface area contributed by atoms with Gasteiger partial charge in [0.1, 0.15) is 10.9 Å². The van der Waals surface area contributed by atoms with Crippen LogP contribution in [0.3, 0.4) is 0 Å². The monoisotopic (exact) mass is 232 g/mol. The van der Waals surface area contributed by atoms with E-state index in [0.29, 0.717) is 0 Å². The molecule has 0 spiro atoms. The molecule has 0 bridgehead atoms. The van der Waals surface area contributed by atoms with Crippen LogP contribution >= 0.6 is 11.3 Å². The third-order valence-corrected chi connectivity index (χ3v) is 3.15. The standard InChI is InChI=1S/C11H12N4S/c1-15-8-9(6-14-15)5-13-7-11-3-2-10(4-12)16-11/h2-3,6,8,13H,5,7H2,1H3. The van der Waals surface area contributed by atoms with E-state index in [1.54, 1.807) is 4.68 Å². The maximum atomic E-state index is 8.69. The number of thiophene rings is 1. The molecule has 0 amide bonds. The van der Waals surface area contributed by atoms with Crippen molar-refractivity contribution < 1.29 is 0 Å². The molecule has 5 heteroatoms. The summed E-state index contributed by atoms with van der Waals surface area (Å²) in [7, 11) is 1.90. The van der Waals surface area contributed by atoms with Crippen molar-refractivity contribution in [2.45, 2.75) is 13.1 Å². The average molecular weight is 232 g/mol. The molecule has 0 aliphatic heterocycles. The van der Waals surface area contributed by atoms with E-state index in [1.165, 1.54) is 21.8 Å². The summed E-state index contributed by atoms with van der Waals surface area (Å²) in [6, 6.07) is 5.97. The van der Waals surface area contributed by atoms with Gasteiger partial charge >= 0.3 is 0 Å². The number of hydrogen-bond acceptors (Lipinski definition) is 4. The average Bonchev–Trinajstić information content (AvgIpc) is 2.88. The van der Waals surface area contributed by atoms with Crippen molar-refractivity contribution in [1.82, 2.24) is 15.1 Å². The number of nitriles is 1. The minimum absolute atomic E-state index is 0.762. The Bertz CT molecular complexity index is 506. The fourth-order valence-corrected chi connectivity index (χ4v) is 2.20. The van der Waals surface area contributed by atoms with Crippen molar-refractivity contribution in [2.24, 2.45) is 7.05 Å². The summed E-state index contributed by atoms with van der Waals surface area (Å²) in [5.41, 5.74) is 1.17. The minimum Gasteiger partial charge on any atom is -0.308 e. The van der Waals surface area contributed by atoms with Gasteiger partial charge in [-0.2, -0.15) is 10.4 Å². The van der Waals surface area contributed by atoms with E-state index in [9.17, 15) is 0 Å². The second-order valence-electron chi connectivity index (χ2n) is 3.50. The van der Waals surface area contributed by atoms with Crippen molar-refractivity contribution in [1.29, 1.82) is 5.26 Å². The van der Waals surface area contributed by atoms with Gasteiger partial charge in [-0.15, -0.1) is 11.3 Å². The van der Waals surface area contributed by atoms with Gasteiger partial charge in [0.05, 0.1) is 6.20 Å². The largest absolute Gasteiger partial charge is 0.308 e. The van der Waals surface area contributed by atoms with Crippen LogP contribution < -0.4 is 5.32 Å². The molecule has 16 heavy (non-hydrogen) atoms. The van der Waals surface area contributed by atoms with Gasteiger partial charge in [-0.3, -0.25) is 4.68 Å². The van der Waals surface area contributed by atoms with E-state index >= 15 is 0 Å². The Hall–Kier alpha value is -1.64. The van der Waals surface area contributed by atoms with Crippen LogP contribution in [0.5, 0.6) is 0 Å². The second-order valence-corrected chi connectivity index (χ2v) is 4.67. The highest BCUT2D eigenvalue weighted by molar-refractivity contribution is 7.12. The first kappa shape index (κ1) is 10.9. The van der Waals surface area contributed by atoms with E-state index in [0.717, 1.165) is 18.0 Å². The van der Waals surface area contributed by atoms with Crippen molar-refractivity contribution in [3.8, 4) is 6.07 Å². The molecule has 4 nitrogen and oxygen atoms in total. The van der Waals surface area contributed by atoms with Crippen molar-refractivity contribution in [3.63, 3.8) is 0 Å². The number of hydrogen-bond donors (Lipinski definition) is 1. The van der Waals surface area contributed by atoms with Crippen LogP contribution in [0, 0.1) is 11.3 Å². The molecule has 0 radical (unpaired) electrons. The molecular formula is C11H12N4S. The van der Waals surface area contributed by atoms with E-state index in [2.05, 4.69) is 16.5 Å². The SMILES string of the molecule is Cn1cc(CNCc2ccc(C#N)s2)cn1. The van der Waals surface area contributed by atoms with Gasteiger partial charge in [0.15, 0.2) is 0 Å². The van der Waals surface area contributed by atoms with Crippen LogP contribution in [0.4, 0.5) is 0 Å². The van der Waals surface area contributed by atoms with Gasteiger partial charge in [0.2, 0.25) is 0 Å². The van der Waals surface area contributed by atoms with E-state index < -0.39 is 0 Å². The zero-order valence-electron chi connectivity index (χ0n) is 8.97. The second kappa shape index (κ2) is 4.92. The zero-order valence-corrected chi connectivity index (χ0v) is 9.79. The Morgan fingerprint density at radius 3 is 3.00 bits per heavy atom. The van der Waals surface area contributed by atoms with Gasteiger partial charge in [-0.25, -0.2) is 0 Å². The number of rotatable bonds is 4. The number of nitrogens with one attached hydrogen (secondary N) is 1. The fraction of sp³-hybridized carbons (Fsp3) is 0.273. The Labute approximate surface area is 98.1 Å². The van der Waals surface area contributed by atoms with Crippen molar-refractivity contribution >= 4 is 11.3 Å². The first-order valence-electron chi connectivity index (χ1n) is 4.95. The topological polar surface area (TPSA) is 53.6 Å². The normalized spacial score (nSPS) is 10.2. The molecule has 2 aromatic heterocycles. The molecule has 0 fully saturated rings. The molecule has 0 aromatic carbocycles. The van der Waals surface area contributed by atoms with E-state index in [-0.39, 0.29) is 0 Å². The summed E-state index contributed by atoms with van der Waals surface area (Å²) in [5, 5.41) is 16.1. The van der Waals surface area contributed by atoms with Crippen LogP contribution in [0.1, 0.15) is 15.3 Å². The third kappa shape index (κ3) is 2.69. The maximum Gasteiger partial charge on any atom is 0.110 e. The molecule has 0 aliphatic rings. The lowest BCUT2D eigenvalue weighted by Gasteiger charge is -1.99. The van der Waals surface area contributed by atoms with Gasteiger partial charge in [0.25, 0.3) is 0 Å². The maximum absolute atomic E-state index is 8.69. The molecule has 2 rings (SSSR count). The van der Waals surface area contributed by atoms with Crippen LogP contribution in [0.25, 0.3) is 0 Å². The zero-order chi connectivity index (χ0) is 11.4. The summed E-state index contributed by atoms with van der Waals surface area (Å²) in [6.45, 7) is 1.59. The first-order chi connectivity index (χ1) is 7.78. The lowest BCUT2D eigenvalue weighted by molar-refractivity contribution is 0.699. The quantitative estimate of drug-likeness (QED) is 0.872. The molecule has 0 atom stereocenters.